The molecule has 68 valence electrons. The molecule has 0 radical (unpaired) electrons. The van der Waals surface area contributed by atoms with E-state index in [0.29, 0.717) is 5.52 Å². The van der Waals surface area contributed by atoms with E-state index in [0.717, 1.165) is 14.4 Å². The lowest BCUT2D eigenvalue weighted by Crippen LogP contribution is -1.94. The summed E-state index contributed by atoms with van der Waals surface area (Å²) < 4.78 is 26.6. The highest BCUT2D eigenvalue weighted by Gasteiger charge is 2.08. The summed E-state index contributed by atoms with van der Waals surface area (Å²) >= 11 is 3.28. The number of nitrogens with zero attached hydrogens (tertiary/aromatic N) is 1. The maximum absolute atomic E-state index is 12.4. The van der Waals surface area contributed by atoms with E-state index < -0.39 is 6.55 Å². The molecule has 2 rings (SSSR count). The summed E-state index contributed by atoms with van der Waals surface area (Å²) in [6.07, 6.45) is 1.39. The molecule has 0 unspecified atom stereocenters. The molecule has 1 aromatic heterocycles. The molecule has 4 heteroatoms. The predicted molar refractivity (Wildman–Crippen MR) is 50.9 cm³/mol. The summed E-state index contributed by atoms with van der Waals surface area (Å²) in [6, 6.07) is 6.91. The Morgan fingerprint density at radius 2 is 2.00 bits per heavy atom. The van der Waals surface area contributed by atoms with Gasteiger partial charge >= 0.3 is 6.55 Å². The summed E-state index contributed by atoms with van der Waals surface area (Å²) in [5.41, 5.74) is 0.554. The van der Waals surface area contributed by atoms with Gasteiger partial charge in [-0.1, -0.05) is 15.9 Å². The second-order valence-corrected chi connectivity index (χ2v) is 3.62. The Hall–Kier alpha value is -0.900. The number of rotatable bonds is 1. The summed E-state index contributed by atoms with van der Waals surface area (Å²) in [6.45, 7) is -2.47. The van der Waals surface area contributed by atoms with Crippen LogP contribution in [-0.4, -0.2) is 4.57 Å². The molecule has 0 spiro atoms. The molecule has 0 aliphatic rings. The normalized spacial score (nSPS) is 11.4. The van der Waals surface area contributed by atoms with E-state index in [4.69, 9.17) is 0 Å². The van der Waals surface area contributed by atoms with Gasteiger partial charge in [0.1, 0.15) is 0 Å². The molecule has 0 N–H and O–H groups in total. The second kappa shape index (κ2) is 3.10. The van der Waals surface area contributed by atoms with E-state index >= 15 is 0 Å². The topological polar surface area (TPSA) is 4.93 Å². The molecule has 0 bridgehead atoms. The van der Waals surface area contributed by atoms with Crippen molar-refractivity contribution < 1.29 is 8.78 Å². The molecule has 0 saturated carbocycles. The van der Waals surface area contributed by atoms with Crippen LogP contribution in [0.2, 0.25) is 0 Å². The largest absolute Gasteiger partial charge is 0.319 e. The van der Waals surface area contributed by atoms with Gasteiger partial charge in [0.25, 0.3) is 0 Å². The Morgan fingerprint density at radius 1 is 1.23 bits per heavy atom. The molecule has 0 atom stereocenters. The Labute approximate surface area is 82.1 Å². The van der Waals surface area contributed by atoms with Crippen LogP contribution in [0, 0.1) is 0 Å². The molecule has 0 saturated heterocycles. The third-order valence-electron chi connectivity index (χ3n) is 1.89. The van der Waals surface area contributed by atoms with Crippen molar-refractivity contribution in [3.8, 4) is 0 Å². The standard InChI is InChI=1S/C9H6BrF2N/c10-7-1-2-8-6(5-7)3-4-13(8)9(11)12/h1-5,9H. The molecule has 2 aromatic rings. The Balaban J connectivity index is 2.69. The molecular formula is C9H6BrF2N. The lowest BCUT2D eigenvalue weighted by Gasteiger charge is -2.02. The number of alkyl halides is 2. The van der Waals surface area contributed by atoms with Crippen LogP contribution in [0.4, 0.5) is 8.78 Å². The van der Waals surface area contributed by atoms with Crippen molar-refractivity contribution in [1.29, 1.82) is 0 Å². The van der Waals surface area contributed by atoms with Crippen molar-refractivity contribution in [3.05, 3.63) is 34.9 Å². The van der Waals surface area contributed by atoms with Crippen molar-refractivity contribution in [2.75, 3.05) is 0 Å². The number of hydrogen-bond donors (Lipinski definition) is 0. The van der Waals surface area contributed by atoms with Crippen LogP contribution in [0.25, 0.3) is 10.9 Å². The van der Waals surface area contributed by atoms with Gasteiger partial charge in [0, 0.05) is 16.1 Å². The summed E-state index contributed by atoms with van der Waals surface area (Å²) in [5.74, 6) is 0. The van der Waals surface area contributed by atoms with Gasteiger partial charge in [-0.3, -0.25) is 4.57 Å². The van der Waals surface area contributed by atoms with E-state index in [1.807, 2.05) is 6.07 Å². The van der Waals surface area contributed by atoms with Gasteiger partial charge in [0.05, 0.1) is 5.52 Å². The van der Waals surface area contributed by atoms with Gasteiger partial charge in [-0.2, -0.15) is 8.78 Å². The van der Waals surface area contributed by atoms with Gasteiger partial charge in [-0.15, -0.1) is 0 Å². The van der Waals surface area contributed by atoms with E-state index in [-0.39, 0.29) is 0 Å². The van der Waals surface area contributed by atoms with E-state index in [9.17, 15) is 8.78 Å². The number of fused-ring (bicyclic) bond motifs is 1. The van der Waals surface area contributed by atoms with Crippen LogP contribution < -0.4 is 0 Å². The number of halogens is 3. The molecule has 1 aromatic carbocycles. The molecule has 1 heterocycles. The third-order valence-corrected chi connectivity index (χ3v) is 2.39. The summed E-state index contributed by atoms with van der Waals surface area (Å²) in [5, 5.41) is 0.815. The Morgan fingerprint density at radius 3 is 2.69 bits per heavy atom. The van der Waals surface area contributed by atoms with Crippen LogP contribution in [0.3, 0.4) is 0 Å². The second-order valence-electron chi connectivity index (χ2n) is 2.70. The summed E-state index contributed by atoms with van der Waals surface area (Å²) in [4.78, 5) is 0. The maximum Gasteiger partial charge on any atom is 0.319 e. The van der Waals surface area contributed by atoms with Gasteiger partial charge in [0.2, 0.25) is 0 Å². The first-order valence-corrected chi connectivity index (χ1v) is 4.52. The van der Waals surface area contributed by atoms with Crippen LogP contribution in [0.5, 0.6) is 0 Å². The minimum absolute atomic E-state index is 0.554. The molecule has 1 nitrogen and oxygen atoms in total. The minimum Gasteiger partial charge on any atom is -0.291 e. The fourth-order valence-corrected chi connectivity index (χ4v) is 1.68. The number of aromatic nitrogens is 1. The lowest BCUT2D eigenvalue weighted by atomic mass is 10.2. The van der Waals surface area contributed by atoms with Crippen LogP contribution >= 0.6 is 15.9 Å². The smallest absolute Gasteiger partial charge is 0.291 e. The third kappa shape index (κ3) is 1.46. The fraction of sp³-hybridized carbons (Fsp3) is 0.111. The van der Waals surface area contributed by atoms with Gasteiger partial charge in [-0.25, -0.2) is 0 Å². The first kappa shape index (κ1) is 8.69. The average molecular weight is 246 g/mol. The fourth-order valence-electron chi connectivity index (χ4n) is 1.31. The van der Waals surface area contributed by atoms with Gasteiger partial charge < -0.3 is 0 Å². The monoisotopic (exact) mass is 245 g/mol. The highest BCUT2D eigenvalue weighted by Crippen LogP contribution is 2.24. The van der Waals surface area contributed by atoms with E-state index in [1.165, 1.54) is 6.20 Å². The molecule has 13 heavy (non-hydrogen) atoms. The van der Waals surface area contributed by atoms with Crippen molar-refractivity contribution in [2.45, 2.75) is 6.55 Å². The quantitative estimate of drug-likeness (QED) is 0.721. The van der Waals surface area contributed by atoms with Crippen LogP contribution in [-0.2, 0) is 0 Å². The zero-order valence-corrected chi connectivity index (χ0v) is 8.13. The van der Waals surface area contributed by atoms with Crippen LogP contribution in [0.15, 0.2) is 34.9 Å². The molecule has 0 amide bonds. The molecular weight excluding hydrogens is 240 g/mol. The Kier molecular flexibility index (Phi) is 2.07. The van der Waals surface area contributed by atoms with Crippen molar-refractivity contribution in [2.24, 2.45) is 0 Å². The van der Waals surface area contributed by atoms with Crippen molar-refractivity contribution in [1.82, 2.24) is 4.57 Å². The zero-order valence-electron chi connectivity index (χ0n) is 6.55. The zero-order chi connectivity index (χ0) is 9.42. The number of benzene rings is 1. The highest BCUT2D eigenvalue weighted by atomic mass is 79.9. The average Bonchev–Trinajstić information content (AvgIpc) is 2.46. The van der Waals surface area contributed by atoms with Crippen LogP contribution in [0.1, 0.15) is 6.55 Å². The maximum atomic E-state index is 12.4. The minimum atomic E-state index is -2.47. The van der Waals surface area contributed by atoms with Gasteiger partial charge in [-0.05, 0) is 24.3 Å². The molecule has 0 aliphatic carbocycles. The Bertz CT molecular complexity index is 436. The first-order valence-electron chi connectivity index (χ1n) is 3.73. The van der Waals surface area contributed by atoms with Crippen molar-refractivity contribution >= 4 is 26.8 Å². The molecule has 0 fully saturated rings. The molecule has 0 aliphatic heterocycles. The lowest BCUT2D eigenvalue weighted by molar-refractivity contribution is 0.0752. The SMILES string of the molecule is FC(F)n1ccc2cc(Br)ccc21. The van der Waals surface area contributed by atoms with E-state index in [2.05, 4.69) is 15.9 Å². The number of hydrogen-bond acceptors (Lipinski definition) is 0. The highest BCUT2D eigenvalue weighted by molar-refractivity contribution is 9.10. The first-order chi connectivity index (χ1) is 6.18. The van der Waals surface area contributed by atoms with Crippen molar-refractivity contribution in [3.63, 3.8) is 0 Å². The predicted octanol–water partition coefficient (Wildman–Crippen LogP) is 3.80. The summed E-state index contributed by atoms with van der Waals surface area (Å²) in [7, 11) is 0. The van der Waals surface area contributed by atoms with Gasteiger partial charge in [0.15, 0.2) is 0 Å². The van der Waals surface area contributed by atoms with E-state index in [1.54, 1.807) is 18.2 Å².